The zero-order chi connectivity index (χ0) is 19.6. The molecule has 9 nitrogen and oxygen atoms in total. The minimum absolute atomic E-state index is 0.0433. The third kappa shape index (κ3) is 3.77. The maximum atomic E-state index is 11.4. The Labute approximate surface area is 162 Å². The number of nitrogens with one attached hydrogen (secondary N) is 2. The van der Waals surface area contributed by atoms with Gasteiger partial charge in [-0.2, -0.15) is 10.1 Å². The molecule has 0 spiro atoms. The number of ether oxygens (including phenoxy) is 1. The second-order valence-electron chi connectivity index (χ2n) is 6.01. The lowest BCUT2D eigenvalue weighted by Gasteiger charge is -2.29. The largest absolute Gasteiger partial charge is 0.469 e. The fraction of sp³-hybridized carbons (Fsp3) is 0.353. The smallest absolute Gasteiger partial charge is 0.312 e. The van der Waals surface area contributed by atoms with Crippen molar-refractivity contribution in [3.8, 4) is 0 Å². The Morgan fingerprint density at radius 2 is 2.30 bits per heavy atom. The first-order chi connectivity index (χ1) is 13.0. The molecule has 1 atom stereocenters. The first kappa shape index (κ1) is 19.2. The number of likely N-dealkylation sites (N-methyl/N-ethyl adjacent to an activating group) is 1. The van der Waals surface area contributed by atoms with E-state index in [-0.39, 0.29) is 6.42 Å². The summed E-state index contributed by atoms with van der Waals surface area (Å²) in [5.41, 5.74) is 2.46. The predicted octanol–water partition coefficient (Wildman–Crippen LogP) is 0.824. The van der Waals surface area contributed by atoms with Gasteiger partial charge in [-0.1, -0.05) is 12.1 Å². The van der Waals surface area contributed by atoms with Crippen LogP contribution in [0.15, 0.2) is 40.9 Å². The summed E-state index contributed by atoms with van der Waals surface area (Å²) < 4.78 is 4.64. The van der Waals surface area contributed by atoms with E-state index in [9.17, 15) is 9.90 Å². The Morgan fingerprint density at radius 3 is 3.00 bits per heavy atom. The van der Waals surface area contributed by atoms with Crippen LogP contribution in [-0.4, -0.2) is 63.8 Å². The fourth-order valence-corrected chi connectivity index (χ4v) is 3.22. The Morgan fingerprint density at radius 1 is 1.52 bits per heavy atom. The Kier molecular flexibility index (Phi) is 5.68. The van der Waals surface area contributed by atoms with Crippen molar-refractivity contribution in [1.82, 2.24) is 25.5 Å². The second-order valence-corrected chi connectivity index (χ2v) is 6.53. The van der Waals surface area contributed by atoms with Crippen molar-refractivity contribution >= 4 is 34.5 Å². The molecule has 1 aromatic heterocycles. The van der Waals surface area contributed by atoms with Gasteiger partial charge in [0.15, 0.2) is 12.0 Å². The predicted molar refractivity (Wildman–Crippen MR) is 105 cm³/mol. The fourth-order valence-electron chi connectivity index (χ4n) is 3.00. The molecule has 3 rings (SSSR count). The summed E-state index contributed by atoms with van der Waals surface area (Å²) in [5.74, 6) is 0.0540. The monoisotopic (exact) mass is 390 g/mol. The normalized spacial score (nSPS) is 18.5. The summed E-state index contributed by atoms with van der Waals surface area (Å²) >= 11 is 4.26. The van der Waals surface area contributed by atoms with Crippen molar-refractivity contribution in [3.05, 3.63) is 41.5 Å². The first-order valence-corrected chi connectivity index (χ1v) is 8.75. The molecule has 1 aliphatic heterocycles. The van der Waals surface area contributed by atoms with Crippen molar-refractivity contribution in [3.63, 3.8) is 0 Å². The van der Waals surface area contributed by atoms with E-state index in [4.69, 9.17) is 0 Å². The molecule has 0 saturated carbocycles. The molecule has 2 heterocycles. The van der Waals surface area contributed by atoms with E-state index >= 15 is 0 Å². The van der Waals surface area contributed by atoms with E-state index in [1.165, 1.54) is 7.11 Å². The highest BCUT2D eigenvalue weighted by Crippen LogP contribution is 2.29. The number of benzene rings is 1. The van der Waals surface area contributed by atoms with Crippen LogP contribution in [0.3, 0.4) is 0 Å². The molecule has 0 fully saturated rings. The number of fused-ring (bicyclic) bond motifs is 1. The molecule has 0 aliphatic carbocycles. The molecule has 0 radical (unpaired) electrons. The van der Waals surface area contributed by atoms with E-state index in [0.29, 0.717) is 23.1 Å². The Bertz CT molecular complexity index is 909. The van der Waals surface area contributed by atoms with Gasteiger partial charge in [-0.15, -0.1) is 12.6 Å². The van der Waals surface area contributed by atoms with Crippen molar-refractivity contribution in [2.24, 2.45) is 4.99 Å². The first-order valence-electron chi connectivity index (χ1n) is 8.30. The summed E-state index contributed by atoms with van der Waals surface area (Å²) in [7, 11) is 4.81. The van der Waals surface area contributed by atoms with Crippen LogP contribution in [0.4, 0.5) is 0 Å². The summed E-state index contributed by atoms with van der Waals surface area (Å²) in [6, 6.07) is 5.87. The van der Waals surface area contributed by atoms with Gasteiger partial charge in [0.05, 0.1) is 30.3 Å². The number of aliphatic imine (C=N–C) groups is 1. The summed E-state index contributed by atoms with van der Waals surface area (Å²) in [5, 5.41) is 25.6. The van der Waals surface area contributed by atoms with Gasteiger partial charge in [0.2, 0.25) is 0 Å². The van der Waals surface area contributed by atoms with E-state index in [0.717, 1.165) is 16.5 Å². The molecule has 0 bridgehead atoms. The van der Waals surface area contributed by atoms with Crippen LogP contribution < -0.4 is 5.32 Å². The lowest BCUT2D eigenvalue weighted by molar-refractivity contribution is -0.139. The molecule has 1 aromatic carbocycles. The van der Waals surface area contributed by atoms with Gasteiger partial charge < -0.3 is 15.2 Å². The molecule has 0 saturated heterocycles. The number of aromatic amines is 1. The average Bonchev–Trinajstić information content (AvgIpc) is 3.21. The quantitative estimate of drug-likeness (QED) is 0.250. The van der Waals surface area contributed by atoms with E-state index in [1.807, 2.05) is 18.2 Å². The summed E-state index contributed by atoms with van der Waals surface area (Å²) in [4.78, 5) is 15.8. The van der Waals surface area contributed by atoms with Gasteiger partial charge in [-0.25, -0.2) is 4.99 Å². The van der Waals surface area contributed by atoms with Gasteiger partial charge in [0.1, 0.15) is 5.70 Å². The number of aliphatic hydroxyl groups excluding tert-OH is 1. The number of nitrogens with zero attached hydrogens (tertiary/aromatic N) is 4. The third-order valence-electron chi connectivity index (χ3n) is 4.42. The second kappa shape index (κ2) is 7.99. The van der Waals surface area contributed by atoms with Gasteiger partial charge in [0, 0.05) is 26.0 Å². The number of carbonyl (C=O) groups is 1. The molecule has 1 aliphatic rings. The zero-order valence-electron chi connectivity index (χ0n) is 15.3. The minimum atomic E-state index is -0.917. The van der Waals surface area contributed by atoms with Crippen LogP contribution in [0.2, 0.25) is 0 Å². The number of methoxy groups -OCH3 is 1. The number of thiol groups is 1. The van der Waals surface area contributed by atoms with Crippen molar-refractivity contribution < 1.29 is 14.6 Å². The summed E-state index contributed by atoms with van der Waals surface area (Å²) in [6.45, 7) is 0.442. The molecule has 1 unspecified atom stereocenters. The highest BCUT2D eigenvalue weighted by molar-refractivity contribution is 7.97. The maximum Gasteiger partial charge on any atom is 0.312 e. The lowest BCUT2D eigenvalue weighted by atomic mass is 10.1. The number of hydrogen-bond acceptors (Lipinski definition) is 8. The molecular formula is C17H22N6O3S. The van der Waals surface area contributed by atoms with Gasteiger partial charge in [0.25, 0.3) is 0 Å². The number of rotatable bonds is 6. The number of hydrogen-bond donors (Lipinski definition) is 4. The number of aromatic nitrogens is 2. The topological polar surface area (TPSA) is 106 Å². The van der Waals surface area contributed by atoms with Crippen LogP contribution >= 0.6 is 12.6 Å². The molecular weight excluding hydrogens is 368 g/mol. The average molecular weight is 390 g/mol. The van der Waals surface area contributed by atoms with Crippen LogP contribution in [0, 0.1) is 0 Å². The lowest BCUT2D eigenvalue weighted by Crippen LogP contribution is -2.40. The van der Waals surface area contributed by atoms with Crippen LogP contribution in [0.5, 0.6) is 0 Å². The van der Waals surface area contributed by atoms with E-state index < -0.39 is 12.2 Å². The Balaban J connectivity index is 1.87. The zero-order valence-corrected chi connectivity index (χ0v) is 16.2. The molecule has 27 heavy (non-hydrogen) atoms. The summed E-state index contributed by atoms with van der Waals surface area (Å²) in [6.07, 6.45) is 0.805. The van der Waals surface area contributed by atoms with Crippen molar-refractivity contribution in [1.29, 1.82) is 0 Å². The van der Waals surface area contributed by atoms with E-state index in [2.05, 4.69) is 37.9 Å². The highest BCUT2D eigenvalue weighted by Gasteiger charge is 2.36. The van der Waals surface area contributed by atoms with Gasteiger partial charge in [-0.3, -0.25) is 14.9 Å². The minimum Gasteiger partial charge on any atom is -0.469 e. The number of hydrazine groups is 1. The highest BCUT2D eigenvalue weighted by atomic mass is 32.1. The third-order valence-corrected chi connectivity index (χ3v) is 4.67. The molecule has 10 heteroatoms. The van der Waals surface area contributed by atoms with Crippen LogP contribution in [0.25, 0.3) is 10.9 Å². The molecule has 2 aromatic rings. The molecule has 144 valence electrons. The van der Waals surface area contributed by atoms with Crippen molar-refractivity contribution in [2.75, 3.05) is 21.2 Å². The van der Waals surface area contributed by atoms with E-state index in [1.54, 1.807) is 30.3 Å². The molecule has 0 amide bonds. The Hall–Kier alpha value is -2.56. The number of esters is 1. The maximum absolute atomic E-state index is 11.4. The standard InChI is InChI=1S/C17H22N6O3S/c1-18-15-16(20-13(27)7-14(24)26-3)22(2)23(17(15)25)9-10-5-4-6-12-11(10)8-19-21-12/h4-6,8,17-18,25H,7,9H2,1-3H3,(H,19,21)(H,20,27). The van der Waals surface area contributed by atoms with Gasteiger partial charge in [-0.05, 0) is 11.6 Å². The van der Waals surface area contributed by atoms with Crippen LogP contribution in [-0.2, 0) is 16.1 Å². The van der Waals surface area contributed by atoms with Crippen molar-refractivity contribution in [2.45, 2.75) is 19.2 Å². The SMILES string of the molecule is CNC1=C(/N=C(\S)CC(=O)OC)N(C)N(Cc2cccc3[nH]ncc23)C1O. The number of H-pyrrole nitrogens is 1. The van der Waals surface area contributed by atoms with Gasteiger partial charge >= 0.3 is 5.97 Å². The molecule has 3 N–H and O–H groups in total. The number of carbonyl (C=O) groups excluding carboxylic acids is 1. The van der Waals surface area contributed by atoms with Crippen LogP contribution in [0.1, 0.15) is 12.0 Å². The number of aliphatic hydroxyl groups is 1.